The second kappa shape index (κ2) is 5.13. The van der Waals surface area contributed by atoms with Gasteiger partial charge in [-0.15, -0.1) is 0 Å². The molecule has 2 aromatic carbocycles. The molecule has 1 heterocycles. The van der Waals surface area contributed by atoms with Crippen molar-refractivity contribution in [3.8, 4) is 0 Å². The molecule has 1 saturated carbocycles. The van der Waals surface area contributed by atoms with Crippen LogP contribution in [0.5, 0.6) is 0 Å². The number of hydrogen-bond acceptors (Lipinski definition) is 2. The van der Waals surface area contributed by atoms with Gasteiger partial charge in [0.1, 0.15) is 6.23 Å². The van der Waals surface area contributed by atoms with E-state index in [9.17, 15) is 5.11 Å². The first kappa shape index (κ1) is 13.8. The van der Waals surface area contributed by atoms with E-state index in [1.165, 1.54) is 5.56 Å². The third-order valence-corrected chi connectivity index (χ3v) is 4.62. The van der Waals surface area contributed by atoms with E-state index in [2.05, 4.69) is 22.4 Å². The normalized spacial score (nSPS) is 17.5. The molecule has 1 fully saturated rings. The van der Waals surface area contributed by atoms with Crippen LogP contribution in [0.1, 0.15) is 30.3 Å². The summed E-state index contributed by atoms with van der Waals surface area (Å²) in [5, 5.41) is 15.6. The van der Waals surface area contributed by atoms with Gasteiger partial charge in [-0.3, -0.25) is 5.32 Å². The summed E-state index contributed by atoms with van der Waals surface area (Å²) >= 11 is 6.01. The highest BCUT2D eigenvalue weighted by atomic mass is 35.5. The van der Waals surface area contributed by atoms with Crippen LogP contribution in [0, 0.1) is 0 Å². The van der Waals surface area contributed by atoms with Gasteiger partial charge in [-0.2, -0.15) is 0 Å². The zero-order valence-corrected chi connectivity index (χ0v) is 12.8. The van der Waals surface area contributed by atoms with Crippen LogP contribution in [0.2, 0.25) is 5.02 Å². The molecular formula is C18H17ClN2O. The third kappa shape index (κ3) is 2.41. The monoisotopic (exact) mass is 312 g/mol. The maximum atomic E-state index is 10.6. The van der Waals surface area contributed by atoms with E-state index in [0.29, 0.717) is 5.02 Å². The Labute approximate surface area is 133 Å². The van der Waals surface area contributed by atoms with Crippen molar-refractivity contribution >= 4 is 22.5 Å². The number of benzene rings is 2. The maximum absolute atomic E-state index is 10.6. The van der Waals surface area contributed by atoms with Gasteiger partial charge in [0, 0.05) is 21.5 Å². The summed E-state index contributed by atoms with van der Waals surface area (Å²) in [4.78, 5) is 3.25. The summed E-state index contributed by atoms with van der Waals surface area (Å²) in [5.74, 6) is 0. The molecule has 4 rings (SSSR count). The van der Waals surface area contributed by atoms with Crippen molar-refractivity contribution in [2.24, 2.45) is 0 Å². The number of aromatic nitrogens is 1. The molecule has 0 spiro atoms. The Bertz CT molecular complexity index is 808. The standard InChI is InChI=1S/C18H17ClN2O/c19-14-6-7-15-12(10-14)11-16(20-15)17(22)21-18(8-9-18)13-4-2-1-3-5-13/h1-7,10-11,17,20-22H,8-9H2. The lowest BCUT2D eigenvalue weighted by atomic mass is 10.0. The van der Waals surface area contributed by atoms with Gasteiger partial charge in [-0.1, -0.05) is 41.9 Å². The Balaban J connectivity index is 1.60. The molecule has 3 nitrogen and oxygen atoms in total. The van der Waals surface area contributed by atoms with Crippen LogP contribution >= 0.6 is 11.6 Å². The van der Waals surface area contributed by atoms with Crippen LogP contribution in [-0.2, 0) is 5.54 Å². The van der Waals surface area contributed by atoms with E-state index in [-0.39, 0.29) is 5.54 Å². The van der Waals surface area contributed by atoms with Crippen LogP contribution in [0.4, 0.5) is 0 Å². The lowest BCUT2D eigenvalue weighted by Gasteiger charge is -2.21. The molecule has 1 atom stereocenters. The minimum atomic E-state index is -0.728. The van der Waals surface area contributed by atoms with E-state index in [4.69, 9.17) is 11.6 Å². The molecule has 0 amide bonds. The summed E-state index contributed by atoms with van der Waals surface area (Å²) in [6.07, 6.45) is 1.36. The Kier molecular flexibility index (Phi) is 3.22. The molecule has 1 unspecified atom stereocenters. The first-order valence-corrected chi connectivity index (χ1v) is 7.84. The van der Waals surface area contributed by atoms with E-state index in [1.54, 1.807) is 0 Å². The van der Waals surface area contributed by atoms with E-state index >= 15 is 0 Å². The van der Waals surface area contributed by atoms with Crippen molar-refractivity contribution in [3.05, 3.63) is 70.9 Å². The zero-order chi connectivity index (χ0) is 15.2. The predicted molar refractivity (Wildman–Crippen MR) is 88.8 cm³/mol. The smallest absolute Gasteiger partial charge is 0.146 e. The predicted octanol–water partition coefficient (Wildman–Crippen LogP) is 4.09. The minimum absolute atomic E-state index is 0.102. The van der Waals surface area contributed by atoms with E-state index < -0.39 is 6.23 Å². The van der Waals surface area contributed by atoms with Crippen LogP contribution in [0.3, 0.4) is 0 Å². The number of aliphatic hydroxyl groups excluding tert-OH is 1. The molecule has 0 saturated heterocycles. The van der Waals surface area contributed by atoms with Gasteiger partial charge in [-0.25, -0.2) is 0 Å². The molecule has 1 aliphatic rings. The van der Waals surface area contributed by atoms with Gasteiger partial charge in [0.15, 0.2) is 0 Å². The lowest BCUT2D eigenvalue weighted by molar-refractivity contribution is 0.114. The van der Waals surface area contributed by atoms with Crippen LogP contribution < -0.4 is 5.32 Å². The number of halogens is 1. The summed E-state index contributed by atoms with van der Waals surface area (Å²) in [6.45, 7) is 0. The lowest BCUT2D eigenvalue weighted by Crippen LogP contribution is -2.32. The average molecular weight is 313 g/mol. The Hall–Kier alpha value is -1.81. The Morgan fingerprint density at radius 1 is 1.09 bits per heavy atom. The SMILES string of the molecule is OC(NC1(c2ccccc2)CC1)c1cc2cc(Cl)ccc2[nH]1. The molecule has 22 heavy (non-hydrogen) atoms. The largest absolute Gasteiger partial charge is 0.373 e. The summed E-state index contributed by atoms with van der Waals surface area (Å²) in [5.41, 5.74) is 2.87. The fraction of sp³-hybridized carbons (Fsp3) is 0.222. The topological polar surface area (TPSA) is 48.0 Å². The van der Waals surface area contributed by atoms with Gasteiger partial charge in [0.2, 0.25) is 0 Å². The quantitative estimate of drug-likeness (QED) is 0.635. The van der Waals surface area contributed by atoms with Crippen molar-refractivity contribution in [2.45, 2.75) is 24.6 Å². The average Bonchev–Trinajstić information content (AvgIpc) is 3.18. The molecule has 112 valence electrons. The molecule has 4 heteroatoms. The molecule has 3 N–H and O–H groups in total. The number of hydrogen-bond donors (Lipinski definition) is 3. The number of aliphatic hydroxyl groups is 1. The van der Waals surface area contributed by atoms with Crippen molar-refractivity contribution in [3.63, 3.8) is 0 Å². The molecule has 0 aliphatic heterocycles. The third-order valence-electron chi connectivity index (χ3n) is 4.39. The Morgan fingerprint density at radius 3 is 2.59 bits per heavy atom. The fourth-order valence-corrected chi connectivity index (χ4v) is 3.19. The molecule has 0 bridgehead atoms. The first-order valence-electron chi connectivity index (χ1n) is 7.46. The van der Waals surface area contributed by atoms with Crippen molar-refractivity contribution in [1.82, 2.24) is 10.3 Å². The number of H-pyrrole nitrogens is 1. The number of aromatic amines is 1. The summed E-state index contributed by atoms with van der Waals surface area (Å²) < 4.78 is 0. The van der Waals surface area contributed by atoms with Gasteiger partial charge < -0.3 is 10.1 Å². The molecule has 3 aromatic rings. The highest BCUT2D eigenvalue weighted by Crippen LogP contribution is 2.46. The minimum Gasteiger partial charge on any atom is -0.373 e. The summed E-state index contributed by atoms with van der Waals surface area (Å²) in [6, 6.07) is 17.9. The number of fused-ring (bicyclic) bond motifs is 1. The van der Waals surface area contributed by atoms with Crippen LogP contribution in [0.15, 0.2) is 54.6 Å². The van der Waals surface area contributed by atoms with Gasteiger partial charge in [0.05, 0.1) is 5.69 Å². The summed E-state index contributed by atoms with van der Waals surface area (Å²) in [7, 11) is 0. The van der Waals surface area contributed by atoms with E-state index in [0.717, 1.165) is 29.4 Å². The fourth-order valence-electron chi connectivity index (χ4n) is 3.01. The van der Waals surface area contributed by atoms with Crippen LogP contribution in [0.25, 0.3) is 10.9 Å². The van der Waals surface area contributed by atoms with E-state index in [1.807, 2.05) is 42.5 Å². The number of nitrogens with one attached hydrogen (secondary N) is 2. The highest BCUT2D eigenvalue weighted by molar-refractivity contribution is 6.31. The molecule has 0 radical (unpaired) electrons. The van der Waals surface area contributed by atoms with Crippen molar-refractivity contribution in [2.75, 3.05) is 0 Å². The zero-order valence-electron chi connectivity index (χ0n) is 12.0. The molecule has 1 aromatic heterocycles. The highest BCUT2D eigenvalue weighted by Gasteiger charge is 2.45. The van der Waals surface area contributed by atoms with Gasteiger partial charge in [-0.05, 0) is 42.7 Å². The second-order valence-electron chi connectivity index (χ2n) is 5.95. The number of rotatable bonds is 4. The van der Waals surface area contributed by atoms with Crippen molar-refractivity contribution < 1.29 is 5.11 Å². The Morgan fingerprint density at radius 2 is 1.86 bits per heavy atom. The second-order valence-corrected chi connectivity index (χ2v) is 6.39. The van der Waals surface area contributed by atoms with Gasteiger partial charge in [0.25, 0.3) is 0 Å². The van der Waals surface area contributed by atoms with Crippen LogP contribution in [-0.4, -0.2) is 10.1 Å². The first-order chi connectivity index (χ1) is 10.7. The van der Waals surface area contributed by atoms with Crippen molar-refractivity contribution in [1.29, 1.82) is 0 Å². The maximum Gasteiger partial charge on any atom is 0.146 e. The molecular weight excluding hydrogens is 296 g/mol. The van der Waals surface area contributed by atoms with Gasteiger partial charge >= 0.3 is 0 Å². The molecule has 1 aliphatic carbocycles.